The molecule has 1 aromatic heterocycles. The van der Waals surface area contributed by atoms with Gasteiger partial charge in [-0.15, -0.1) is 0 Å². The molecule has 2 N–H and O–H groups in total. The monoisotopic (exact) mass is 765 g/mol. The lowest BCUT2D eigenvalue weighted by Gasteiger charge is -2.39. The van der Waals surface area contributed by atoms with Crippen LogP contribution in [0.5, 0.6) is 5.75 Å². The van der Waals surface area contributed by atoms with Crippen LogP contribution in [0.1, 0.15) is 81.6 Å². The highest BCUT2D eigenvalue weighted by Crippen LogP contribution is 2.39. The van der Waals surface area contributed by atoms with Crippen molar-refractivity contribution in [2.24, 2.45) is 0 Å². The Labute approximate surface area is 322 Å². The zero-order chi connectivity index (χ0) is 38.2. The Morgan fingerprint density at radius 1 is 0.982 bits per heavy atom. The van der Waals surface area contributed by atoms with Crippen molar-refractivity contribution in [1.82, 2.24) is 30.0 Å². The SMILES string of the molecule is N#Cc1ccc(OC2C[C@H]3CC[C@@H](C2)N3C(=O)c2cnc(N3CCN(CCCNc4cccc5c4C(=O)N(C4CCC(=O)NC4=O)C5=O)CC3)nc2)cc1Cl. The maximum Gasteiger partial charge on any atom is 0.264 e. The number of carbonyl (C=O) groups is 5. The number of benzene rings is 2. The first-order valence-corrected chi connectivity index (χ1v) is 19.1. The van der Waals surface area contributed by atoms with Crippen LogP contribution in [0.2, 0.25) is 5.02 Å². The maximum atomic E-state index is 13.6. The largest absolute Gasteiger partial charge is 0.490 e. The van der Waals surface area contributed by atoms with E-state index in [0.29, 0.717) is 40.1 Å². The molecule has 2 bridgehead atoms. The number of piperidine rings is 2. The summed E-state index contributed by atoms with van der Waals surface area (Å²) in [6, 6.07) is 11.4. The fourth-order valence-corrected chi connectivity index (χ4v) is 8.72. The molecule has 8 rings (SSSR count). The third-order valence-corrected chi connectivity index (χ3v) is 11.6. The van der Waals surface area contributed by atoms with Crippen LogP contribution >= 0.6 is 11.6 Å². The molecule has 4 saturated heterocycles. The van der Waals surface area contributed by atoms with Crippen LogP contribution in [0.4, 0.5) is 11.6 Å². The van der Waals surface area contributed by atoms with Crippen molar-refractivity contribution in [3.05, 3.63) is 76.1 Å². The van der Waals surface area contributed by atoms with Gasteiger partial charge in [-0.05, 0) is 56.5 Å². The standard InChI is InChI=1S/C39H40ClN9O6/c40-30-19-27(8-5-23(30)20-41)55-28-17-25-6-7-26(18-28)48(25)36(52)24-21-43-39(44-22-24)47-15-13-46(14-16-47)12-2-11-42-31-4-1-3-29-34(31)38(54)49(37(29)53)32-9-10-33(50)45-35(32)51/h1,3-5,8,19,21-22,25-26,28,32,42H,2,6-7,9-18H2,(H,45,50,51)/t25-,26+,28?,32?. The first-order valence-electron chi connectivity index (χ1n) is 18.7. The van der Waals surface area contributed by atoms with Gasteiger partial charge in [0, 0.05) is 88.2 Å². The third-order valence-electron chi connectivity index (χ3n) is 11.3. The molecule has 55 heavy (non-hydrogen) atoms. The number of anilines is 2. The van der Waals surface area contributed by atoms with Crippen molar-refractivity contribution in [3.8, 4) is 11.8 Å². The van der Waals surface area contributed by atoms with Crippen LogP contribution in [0.25, 0.3) is 0 Å². The summed E-state index contributed by atoms with van der Waals surface area (Å²) in [6.45, 7) is 4.50. The first kappa shape index (κ1) is 36.4. The Balaban J connectivity index is 0.789. The predicted molar refractivity (Wildman–Crippen MR) is 200 cm³/mol. The number of nitriles is 1. The molecule has 5 aliphatic rings. The fraction of sp³-hybridized carbons (Fsp3) is 0.436. The Morgan fingerprint density at radius 3 is 2.42 bits per heavy atom. The van der Waals surface area contributed by atoms with E-state index in [0.717, 1.165) is 69.7 Å². The van der Waals surface area contributed by atoms with E-state index < -0.39 is 29.7 Å². The first-order chi connectivity index (χ1) is 26.7. The summed E-state index contributed by atoms with van der Waals surface area (Å²) in [5, 5.41) is 15.1. The summed E-state index contributed by atoms with van der Waals surface area (Å²) in [4.78, 5) is 80.8. The number of nitrogens with zero attached hydrogens (tertiary/aromatic N) is 7. The minimum absolute atomic E-state index is 0.0405. The van der Waals surface area contributed by atoms with Gasteiger partial charge in [0.1, 0.15) is 24.0 Å². The minimum atomic E-state index is -1.00. The number of aromatic nitrogens is 2. The lowest BCUT2D eigenvalue weighted by atomic mass is 9.98. The van der Waals surface area contributed by atoms with Crippen molar-refractivity contribution >= 4 is 52.8 Å². The summed E-state index contributed by atoms with van der Waals surface area (Å²) in [5.41, 5.74) is 1.94. The molecule has 2 aromatic carbocycles. The lowest BCUT2D eigenvalue weighted by Crippen LogP contribution is -2.54. The van der Waals surface area contributed by atoms with Gasteiger partial charge >= 0.3 is 0 Å². The number of ether oxygens (including phenoxy) is 1. The molecule has 284 valence electrons. The summed E-state index contributed by atoms with van der Waals surface area (Å²) < 4.78 is 6.22. The Morgan fingerprint density at radius 2 is 1.73 bits per heavy atom. The molecule has 0 radical (unpaired) electrons. The van der Waals surface area contributed by atoms with E-state index >= 15 is 0 Å². The van der Waals surface area contributed by atoms with E-state index in [2.05, 4.69) is 36.5 Å². The van der Waals surface area contributed by atoms with Gasteiger partial charge in [-0.25, -0.2) is 9.97 Å². The lowest BCUT2D eigenvalue weighted by molar-refractivity contribution is -0.136. The van der Waals surface area contributed by atoms with Crippen molar-refractivity contribution in [1.29, 1.82) is 5.26 Å². The summed E-state index contributed by atoms with van der Waals surface area (Å²) in [7, 11) is 0. The van der Waals surface area contributed by atoms with E-state index in [-0.39, 0.29) is 48.1 Å². The second-order valence-corrected chi connectivity index (χ2v) is 15.0. The Hall–Kier alpha value is -5.59. The van der Waals surface area contributed by atoms with Gasteiger partial charge in [-0.1, -0.05) is 17.7 Å². The summed E-state index contributed by atoms with van der Waals surface area (Å²) in [6.07, 6.45) is 7.49. The molecule has 0 aliphatic carbocycles. The van der Waals surface area contributed by atoms with Gasteiger partial charge in [0.05, 0.1) is 27.3 Å². The summed E-state index contributed by atoms with van der Waals surface area (Å²) in [5.74, 6) is -0.926. The van der Waals surface area contributed by atoms with Gasteiger partial charge in [0.15, 0.2) is 0 Å². The number of amides is 5. The summed E-state index contributed by atoms with van der Waals surface area (Å²) >= 11 is 6.20. The molecule has 15 nitrogen and oxygen atoms in total. The predicted octanol–water partition coefficient (Wildman–Crippen LogP) is 3.24. The third kappa shape index (κ3) is 7.19. The van der Waals surface area contributed by atoms with Gasteiger partial charge in [0.25, 0.3) is 17.7 Å². The van der Waals surface area contributed by atoms with E-state index in [1.54, 1.807) is 48.8 Å². The minimum Gasteiger partial charge on any atom is -0.490 e. The molecular weight excluding hydrogens is 726 g/mol. The van der Waals surface area contributed by atoms with Crippen molar-refractivity contribution in [2.75, 3.05) is 49.5 Å². The van der Waals surface area contributed by atoms with E-state index in [4.69, 9.17) is 21.6 Å². The number of hydrogen-bond donors (Lipinski definition) is 2. The number of rotatable bonds is 10. The average molecular weight is 766 g/mol. The second kappa shape index (κ2) is 15.3. The molecule has 4 fully saturated rings. The fourth-order valence-electron chi connectivity index (χ4n) is 8.51. The van der Waals surface area contributed by atoms with E-state index in [9.17, 15) is 24.0 Å². The molecule has 6 heterocycles. The van der Waals surface area contributed by atoms with Crippen LogP contribution in [0, 0.1) is 11.3 Å². The number of hydrogen-bond acceptors (Lipinski definition) is 12. The number of halogens is 1. The van der Waals surface area contributed by atoms with Gasteiger partial charge in [-0.3, -0.25) is 39.1 Å². The number of carbonyl (C=O) groups excluding carboxylic acids is 5. The molecule has 3 aromatic rings. The smallest absolute Gasteiger partial charge is 0.264 e. The molecule has 0 spiro atoms. The van der Waals surface area contributed by atoms with Crippen LogP contribution in [-0.4, -0.2) is 118 Å². The number of piperazine rings is 1. The molecule has 2 unspecified atom stereocenters. The Kier molecular flexibility index (Phi) is 10.1. The molecule has 4 atom stereocenters. The Bertz CT molecular complexity index is 2070. The zero-order valence-corrected chi connectivity index (χ0v) is 30.8. The van der Waals surface area contributed by atoms with Crippen LogP contribution in [0.3, 0.4) is 0 Å². The highest BCUT2D eigenvalue weighted by atomic mass is 35.5. The highest BCUT2D eigenvalue weighted by molar-refractivity contribution is 6.31. The van der Waals surface area contributed by atoms with Gasteiger partial charge in [-0.2, -0.15) is 5.26 Å². The zero-order valence-electron chi connectivity index (χ0n) is 30.1. The van der Waals surface area contributed by atoms with Crippen molar-refractivity contribution in [3.63, 3.8) is 0 Å². The van der Waals surface area contributed by atoms with Gasteiger partial charge < -0.3 is 19.9 Å². The molecule has 0 saturated carbocycles. The van der Waals surface area contributed by atoms with E-state index in [1.165, 1.54) is 0 Å². The van der Waals surface area contributed by atoms with Crippen molar-refractivity contribution in [2.45, 2.75) is 69.2 Å². The van der Waals surface area contributed by atoms with Crippen molar-refractivity contribution < 1.29 is 28.7 Å². The number of fused-ring (bicyclic) bond motifs is 3. The quantitative estimate of drug-likeness (QED) is 0.228. The molecular formula is C39H40ClN9O6. The topological polar surface area (TPSA) is 181 Å². The normalized spacial score (nSPS) is 23.7. The highest BCUT2D eigenvalue weighted by Gasteiger charge is 2.46. The maximum absolute atomic E-state index is 13.6. The average Bonchev–Trinajstić information content (AvgIpc) is 3.61. The second-order valence-electron chi connectivity index (χ2n) is 14.6. The molecule has 5 amide bonds. The molecule has 5 aliphatic heterocycles. The number of nitrogens with one attached hydrogen (secondary N) is 2. The number of imide groups is 2. The van der Waals surface area contributed by atoms with Gasteiger partial charge in [0.2, 0.25) is 17.8 Å². The van der Waals surface area contributed by atoms with Crippen LogP contribution < -0.4 is 20.3 Å². The van der Waals surface area contributed by atoms with E-state index in [1.807, 2.05) is 4.90 Å². The van der Waals surface area contributed by atoms with Crippen LogP contribution in [-0.2, 0) is 9.59 Å². The molecule has 16 heteroatoms. The van der Waals surface area contributed by atoms with Crippen LogP contribution in [0.15, 0.2) is 48.8 Å².